The van der Waals surface area contributed by atoms with Crippen molar-refractivity contribution >= 4 is 32.3 Å². The number of hydrogen-bond acceptors (Lipinski definition) is 5. The van der Waals surface area contributed by atoms with E-state index in [4.69, 9.17) is 0 Å². The van der Waals surface area contributed by atoms with E-state index in [-0.39, 0.29) is 22.2 Å². The summed E-state index contributed by atoms with van der Waals surface area (Å²) in [6, 6.07) is 4.22. The van der Waals surface area contributed by atoms with Crippen LogP contribution in [0.5, 0.6) is 0 Å². The van der Waals surface area contributed by atoms with E-state index in [1.54, 1.807) is 6.92 Å². The molecule has 0 amide bonds. The van der Waals surface area contributed by atoms with E-state index in [0.29, 0.717) is 31.7 Å². The van der Waals surface area contributed by atoms with Crippen LogP contribution in [0.3, 0.4) is 0 Å². The number of sulfone groups is 1. The minimum atomic E-state index is -3.65. The highest BCUT2D eigenvalue weighted by atomic mass is 35.5. The molecule has 0 bridgehead atoms. The summed E-state index contributed by atoms with van der Waals surface area (Å²) in [5.41, 5.74) is 0.552. The van der Waals surface area contributed by atoms with Crippen LogP contribution in [-0.2, 0) is 19.9 Å². The molecule has 0 radical (unpaired) electrons. The maximum Gasteiger partial charge on any atom is 0.243 e. The Morgan fingerprint density at radius 1 is 1.10 bits per heavy atom. The highest BCUT2D eigenvalue weighted by molar-refractivity contribution is 7.91. The summed E-state index contributed by atoms with van der Waals surface area (Å²) in [5, 5.41) is 3.09. The van der Waals surface area contributed by atoms with Crippen molar-refractivity contribution in [1.29, 1.82) is 0 Å². The van der Waals surface area contributed by atoms with Gasteiger partial charge in [0, 0.05) is 32.4 Å². The number of aryl methyl sites for hydroxylation is 1. The summed E-state index contributed by atoms with van der Waals surface area (Å²) in [4.78, 5) is 0.0964. The van der Waals surface area contributed by atoms with Crippen molar-refractivity contribution in [3.63, 3.8) is 0 Å². The molecule has 0 atom stereocenters. The van der Waals surface area contributed by atoms with Gasteiger partial charge in [0.25, 0.3) is 0 Å². The Kier molecular flexibility index (Phi) is 5.79. The fourth-order valence-corrected chi connectivity index (χ4v) is 4.53. The van der Waals surface area contributed by atoms with Gasteiger partial charge in [0.1, 0.15) is 0 Å². The van der Waals surface area contributed by atoms with Crippen molar-refractivity contribution in [2.75, 3.05) is 32.4 Å². The highest BCUT2D eigenvalue weighted by Crippen LogP contribution is 2.23. The molecule has 1 aliphatic rings. The molecule has 0 spiro atoms. The quantitative estimate of drug-likeness (QED) is 0.850. The molecule has 21 heavy (non-hydrogen) atoms. The zero-order valence-corrected chi connectivity index (χ0v) is 14.3. The van der Waals surface area contributed by atoms with Gasteiger partial charge < -0.3 is 5.32 Å². The summed E-state index contributed by atoms with van der Waals surface area (Å²) in [5.74, 6) is 0. The molecule has 1 aromatic carbocycles. The van der Waals surface area contributed by atoms with Crippen LogP contribution in [0.1, 0.15) is 5.56 Å². The molecule has 1 heterocycles. The van der Waals surface area contributed by atoms with Crippen molar-refractivity contribution in [1.82, 2.24) is 9.62 Å². The Morgan fingerprint density at radius 3 is 2.19 bits per heavy atom. The van der Waals surface area contributed by atoms with Gasteiger partial charge in [-0.05, 0) is 24.6 Å². The first-order valence-corrected chi connectivity index (χ1v) is 9.57. The Bertz CT molecular complexity index is 711. The van der Waals surface area contributed by atoms with E-state index in [1.165, 1.54) is 22.5 Å². The molecular weight excluding hydrogens is 336 g/mol. The van der Waals surface area contributed by atoms with Crippen LogP contribution < -0.4 is 5.32 Å². The van der Waals surface area contributed by atoms with Crippen molar-refractivity contribution in [2.24, 2.45) is 0 Å². The van der Waals surface area contributed by atoms with Crippen molar-refractivity contribution < 1.29 is 16.8 Å². The molecule has 1 N–H and O–H groups in total. The molecule has 120 valence electrons. The molecule has 0 saturated carbocycles. The van der Waals surface area contributed by atoms with Gasteiger partial charge >= 0.3 is 0 Å². The Hall–Kier alpha value is -0.670. The first-order valence-electron chi connectivity index (χ1n) is 6.24. The number of hydrogen-bond donors (Lipinski definition) is 1. The van der Waals surface area contributed by atoms with Gasteiger partial charge in [-0.2, -0.15) is 4.31 Å². The maximum absolute atomic E-state index is 12.6. The number of nitrogens with one attached hydrogen (secondary N) is 1. The lowest BCUT2D eigenvalue weighted by Crippen LogP contribution is -2.46. The van der Waals surface area contributed by atoms with Crippen molar-refractivity contribution in [3.8, 4) is 0 Å². The van der Waals surface area contributed by atoms with E-state index in [9.17, 15) is 16.8 Å². The second-order valence-electron chi connectivity index (χ2n) is 4.85. The van der Waals surface area contributed by atoms with Crippen molar-refractivity contribution in [2.45, 2.75) is 16.7 Å². The normalized spacial score (nSPS) is 17.2. The Balaban J connectivity index is 0.00000220. The van der Waals surface area contributed by atoms with E-state index in [2.05, 4.69) is 5.32 Å². The number of halogens is 1. The molecule has 0 aliphatic carbocycles. The standard InChI is InChI=1S/C12H18N2O4S2.ClH/c1-10-3-4-11(19(2,15)16)9-12(10)20(17,18)14-7-5-13-6-8-14;/h3-4,9,13H,5-8H2,1-2H3;1H. The topological polar surface area (TPSA) is 83.5 Å². The van der Waals surface area contributed by atoms with Crippen LogP contribution in [0.25, 0.3) is 0 Å². The maximum atomic E-state index is 12.6. The molecule has 2 rings (SSSR count). The molecule has 0 aromatic heterocycles. The van der Waals surface area contributed by atoms with Crippen LogP contribution in [0.15, 0.2) is 28.0 Å². The average molecular weight is 355 g/mol. The molecule has 9 heteroatoms. The molecule has 6 nitrogen and oxygen atoms in total. The summed E-state index contributed by atoms with van der Waals surface area (Å²) < 4.78 is 49.7. The first-order chi connectivity index (χ1) is 9.23. The molecule has 1 fully saturated rings. The zero-order chi connectivity index (χ0) is 15.0. The Labute approximate surface area is 131 Å². The number of rotatable bonds is 3. The molecule has 0 unspecified atom stereocenters. The molecule has 1 aliphatic heterocycles. The number of piperazine rings is 1. The summed E-state index contributed by atoms with van der Waals surface area (Å²) in [7, 11) is -7.07. The van der Waals surface area contributed by atoms with Gasteiger partial charge in [-0.25, -0.2) is 16.8 Å². The largest absolute Gasteiger partial charge is 0.314 e. The van der Waals surface area contributed by atoms with Gasteiger partial charge in [-0.15, -0.1) is 12.4 Å². The van der Waals surface area contributed by atoms with Gasteiger partial charge in [0.05, 0.1) is 9.79 Å². The van der Waals surface area contributed by atoms with Crippen LogP contribution in [-0.4, -0.2) is 53.6 Å². The predicted molar refractivity (Wildman–Crippen MR) is 83.2 cm³/mol. The third-order valence-electron chi connectivity index (χ3n) is 3.28. The lowest BCUT2D eigenvalue weighted by atomic mass is 10.2. The van der Waals surface area contributed by atoms with Gasteiger partial charge in [-0.3, -0.25) is 0 Å². The summed E-state index contributed by atoms with van der Waals surface area (Å²) >= 11 is 0. The fourth-order valence-electron chi connectivity index (χ4n) is 2.11. The second kappa shape index (κ2) is 6.62. The smallest absolute Gasteiger partial charge is 0.243 e. The number of nitrogens with zero attached hydrogens (tertiary/aromatic N) is 1. The van der Waals surface area contributed by atoms with E-state index < -0.39 is 19.9 Å². The lowest BCUT2D eigenvalue weighted by molar-refractivity contribution is 0.360. The molecular formula is C12H19ClN2O4S2. The zero-order valence-electron chi connectivity index (χ0n) is 11.9. The van der Waals surface area contributed by atoms with Gasteiger partial charge in [0.15, 0.2) is 9.84 Å². The average Bonchev–Trinajstić information content (AvgIpc) is 2.38. The van der Waals surface area contributed by atoms with Gasteiger partial charge in [0.2, 0.25) is 10.0 Å². The Morgan fingerprint density at radius 2 is 1.67 bits per heavy atom. The monoisotopic (exact) mass is 354 g/mol. The van der Waals surface area contributed by atoms with E-state index in [1.807, 2.05) is 0 Å². The number of benzene rings is 1. The number of sulfonamides is 1. The molecule has 1 saturated heterocycles. The van der Waals surface area contributed by atoms with Crippen molar-refractivity contribution in [3.05, 3.63) is 23.8 Å². The van der Waals surface area contributed by atoms with Crippen LogP contribution in [0.2, 0.25) is 0 Å². The molecule has 1 aromatic rings. The van der Waals surface area contributed by atoms with Crippen LogP contribution >= 0.6 is 12.4 Å². The summed E-state index contributed by atoms with van der Waals surface area (Å²) in [6.07, 6.45) is 1.07. The summed E-state index contributed by atoms with van der Waals surface area (Å²) in [6.45, 7) is 3.66. The lowest BCUT2D eigenvalue weighted by Gasteiger charge is -2.27. The SMILES string of the molecule is Cc1ccc(S(C)(=O)=O)cc1S(=O)(=O)N1CCNCC1.Cl. The fraction of sp³-hybridized carbons (Fsp3) is 0.500. The first kappa shape index (κ1) is 18.4. The highest BCUT2D eigenvalue weighted by Gasteiger charge is 2.28. The van der Waals surface area contributed by atoms with Gasteiger partial charge in [-0.1, -0.05) is 6.07 Å². The predicted octanol–water partition coefficient (Wildman–Crippen LogP) is 0.414. The third-order valence-corrected chi connectivity index (χ3v) is 6.43. The van der Waals surface area contributed by atoms with E-state index in [0.717, 1.165) is 6.26 Å². The third kappa shape index (κ3) is 3.95. The minimum Gasteiger partial charge on any atom is -0.314 e. The van der Waals surface area contributed by atoms with Crippen LogP contribution in [0.4, 0.5) is 0 Å². The van der Waals surface area contributed by atoms with E-state index >= 15 is 0 Å². The van der Waals surface area contributed by atoms with Crippen LogP contribution in [0, 0.1) is 6.92 Å². The minimum absolute atomic E-state index is 0. The second-order valence-corrected chi connectivity index (χ2v) is 8.78.